The molecule has 0 saturated carbocycles. The molecule has 160 valence electrons. The van der Waals surface area contributed by atoms with Gasteiger partial charge in [0.1, 0.15) is 5.82 Å². The third kappa shape index (κ3) is 6.29. The van der Waals surface area contributed by atoms with Crippen molar-refractivity contribution in [2.75, 3.05) is 12.3 Å². The van der Waals surface area contributed by atoms with Crippen LogP contribution in [0.2, 0.25) is 0 Å². The number of thioether (sulfide) groups is 1. The molecule has 8 heteroatoms. The number of nitrogens with zero attached hydrogens (tertiary/aromatic N) is 1. The predicted octanol–water partition coefficient (Wildman–Crippen LogP) is 4.06. The number of sulfonamides is 1. The van der Waals surface area contributed by atoms with Crippen LogP contribution < -0.4 is 10.0 Å². The number of piperidine rings is 1. The van der Waals surface area contributed by atoms with Crippen molar-refractivity contribution in [2.24, 2.45) is 0 Å². The average Bonchev–Trinajstić information content (AvgIpc) is 2.73. The summed E-state index contributed by atoms with van der Waals surface area (Å²) >= 11 is 1.76. The van der Waals surface area contributed by atoms with Crippen LogP contribution in [-0.4, -0.2) is 32.0 Å². The summed E-state index contributed by atoms with van der Waals surface area (Å²) in [5, 5.41) is 12.7. The van der Waals surface area contributed by atoms with Gasteiger partial charge in [-0.1, -0.05) is 25.1 Å². The quantitative estimate of drug-likeness (QED) is 0.638. The van der Waals surface area contributed by atoms with Gasteiger partial charge in [0.15, 0.2) is 0 Å². The molecule has 5 nitrogen and oxygen atoms in total. The van der Waals surface area contributed by atoms with Crippen molar-refractivity contribution in [3.05, 3.63) is 53.8 Å². The topological polar surface area (TPSA) is 82.0 Å². The highest BCUT2D eigenvalue weighted by molar-refractivity contribution is 8.00. The van der Waals surface area contributed by atoms with Crippen LogP contribution in [0.5, 0.6) is 0 Å². The number of rotatable bonds is 8. The molecule has 0 aromatic heterocycles. The van der Waals surface area contributed by atoms with Crippen LogP contribution in [-0.2, 0) is 16.6 Å². The van der Waals surface area contributed by atoms with Crippen molar-refractivity contribution < 1.29 is 12.8 Å². The van der Waals surface area contributed by atoms with Gasteiger partial charge < -0.3 is 5.32 Å². The van der Waals surface area contributed by atoms with Gasteiger partial charge in [0.25, 0.3) is 0 Å². The second-order valence-corrected chi connectivity index (χ2v) is 10.7. The van der Waals surface area contributed by atoms with Crippen molar-refractivity contribution in [3.63, 3.8) is 0 Å². The fourth-order valence-corrected chi connectivity index (χ4v) is 5.75. The number of nitrogens with one attached hydrogen (secondary N) is 2. The van der Waals surface area contributed by atoms with E-state index >= 15 is 0 Å². The molecule has 0 radical (unpaired) electrons. The highest BCUT2D eigenvalue weighted by Crippen LogP contribution is 2.32. The Kier molecular flexibility index (Phi) is 7.89. The minimum atomic E-state index is -3.34. The fourth-order valence-electron chi connectivity index (χ4n) is 3.49. The molecule has 2 aromatic rings. The van der Waals surface area contributed by atoms with E-state index in [0.29, 0.717) is 17.2 Å². The first-order chi connectivity index (χ1) is 14.4. The molecule has 2 atom stereocenters. The molecule has 0 spiro atoms. The summed E-state index contributed by atoms with van der Waals surface area (Å²) in [7, 11) is -3.34. The van der Waals surface area contributed by atoms with Gasteiger partial charge in [-0.2, -0.15) is 5.26 Å². The van der Waals surface area contributed by atoms with E-state index in [2.05, 4.69) is 16.1 Å². The smallest absolute Gasteiger partial charge is 0.211 e. The van der Waals surface area contributed by atoms with Crippen molar-refractivity contribution in [1.29, 1.82) is 5.26 Å². The van der Waals surface area contributed by atoms with Gasteiger partial charge in [-0.25, -0.2) is 17.5 Å². The lowest BCUT2D eigenvalue weighted by atomic mass is 9.99. The summed E-state index contributed by atoms with van der Waals surface area (Å²) in [5.41, 5.74) is 2.24. The van der Waals surface area contributed by atoms with E-state index in [9.17, 15) is 12.8 Å². The van der Waals surface area contributed by atoms with Crippen LogP contribution >= 0.6 is 11.8 Å². The van der Waals surface area contributed by atoms with E-state index < -0.39 is 10.0 Å². The maximum atomic E-state index is 13.9. The molecular weight excluding hydrogens is 421 g/mol. The zero-order valence-electron chi connectivity index (χ0n) is 16.9. The third-order valence-electron chi connectivity index (χ3n) is 5.01. The molecule has 30 heavy (non-hydrogen) atoms. The lowest BCUT2D eigenvalue weighted by Crippen LogP contribution is -2.38. The minimum absolute atomic E-state index is 0.0682. The Labute approximate surface area is 182 Å². The number of hydrogen-bond donors (Lipinski definition) is 2. The van der Waals surface area contributed by atoms with Crippen LogP contribution in [0.4, 0.5) is 4.39 Å². The standard InChI is InChI=1S/C22H26FN3O2S2/c1-2-11-30(27,28)26-15-17-3-6-18(23)12-22(17)16-4-7-20(8-5-16)29-21-9-10-25-19(13-21)14-24/h3-8,12,19,21,25-26H,2,9-11,13,15H2,1H3. The molecule has 2 aromatic carbocycles. The molecular formula is C22H26FN3O2S2. The van der Waals surface area contributed by atoms with Crippen molar-refractivity contribution in [2.45, 2.75) is 48.9 Å². The Balaban J connectivity index is 1.74. The maximum Gasteiger partial charge on any atom is 0.211 e. The van der Waals surface area contributed by atoms with Gasteiger partial charge in [0.05, 0.1) is 17.9 Å². The molecule has 0 bridgehead atoms. The molecule has 1 heterocycles. The summed E-state index contributed by atoms with van der Waals surface area (Å²) in [6, 6.07) is 14.5. The normalized spacial score (nSPS) is 19.4. The summed E-state index contributed by atoms with van der Waals surface area (Å²) in [5.74, 6) is -0.292. The van der Waals surface area contributed by atoms with Gasteiger partial charge in [0, 0.05) is 16.7 Å². The Morgan fingerprint density at radius 3 is 2.73 bits per heavy atom. The van der Waals surface area contributed by atoms with E-state index in [1.807, 2.05) is 31.2 Å². The summed E-state index contributed by atoms with van der Waals surface area (Å²) in [4.78, 5) is 1.10. The van der Waals surface area contributed by atoms with Crippen LogP contribution in [0.25, 0.3) is 11.1 Å². The van der Waals surface area contributed by atoms with E-state index in [1.165, 1.54) is 12.1 Å². The fraction of sp³-hybridized carbons (Fsp3) is 0.409. The second kappa shape index (κ2) is 10.4. The highest BCUT2D eigenvalue weighted by Gasteiger charge is 2.22. The zero-order chi connectivity index (χ0) is 21.6. The maximum absolute atomic E-state index is 13.9. The molecule has 3 rings (SSSR count). The monoisotopic (exact) mass is 447 g/mol. The van der Waals surface area contributed by atoms with Gasteiger partial charge in [-0.05, 0) is 66.8 Å². The van der Waals surface area contributed by atoms with E-state index in [1.54, 1.807) is 17.8 Å². The van der Waals surface area contributed by atoms with Crippen LogP contribution in [0.15, 0.2) is 47.4 Å². The average molecular weight is 448 g/mol. The lowest BCUT2D eigenvalue weighted by Gasteiger charge is -2.25. The second-order valence-electron chi connectivity index (χ2n) is 7.37. The largest absolute Gasteiger partial charge is 0.302 e. The number of hydrogen-bond acceptors (Lipinski definition) is 5. The first-order valence-corrected chi connectivity index (χ1v) is 12.6. The van der Waals surface area contributed by atoms with Gasteiger partial charge in [-0.15, -0.1) is 11.8 Å². The van der Waals surface area contributed by atoms with Crippen molar-refractivity contribution in [1.82, 2.24) is 10.0 Å². The first-order valence-electron chi connectivity index (χ1n) is 10.1. The number of benzene rings is 2. The zero-order valence-corrected chi connectivity index (χ0v) is 18.5. The molecule has 2 unspecified atom stereocenters. The van der Waals surface area contributed by atoms with E-state index in [4.69, 9.17) is 5.26 Å². The number of nitriles is 1. The SMILES string of the molecule is CCCS(=O)(=O)NCc1ccc(F)cc1-c1ccc(SC2CCNC(C#N)C2)cc1. The molecule has 1 aliphatic heterocycles. The minimum Gasteiger partial charge on any atom is -0.302 e. The van der Waals surface area contributed by atoms with Crippen molar-refractivity contribution in [3.8, 4) is 17.2 Å². The Hall–Kier alpha value is -1.92. The van der Waals surface area contributed by atoms with Gasteiger partial charge in [-0.3, -0.25) is 0 Å². The summed E-state index contributed by atoms with van der Waals surface area (Å²) in [6.07, 6.45) is 2.36. The highest BCUT2D eigenvalue weighted by atomic mass is 32.2. The van der Waals surface area contributed by atoms with Crippen LogP contribution in [0.1, 0.15) is 31.7 Å². The van der Waals surface area contributed by atoms with E-state index in [-0.39, 0.29) is 24.2 Å². The number of halogens is 1. The predicted molar refractivity (Wildman–Crippen MR) is 119 cm³/mol. The Morgan fingerprint density at radius 1 is 1.27 bits per heavy atom. The Bertz CT molecular complexity index is 1000. The molecule has 0 aliphatic carbocycles. The van der Waals surface area contributed by atoms with Crippen LogP contribution in [0, 0.1) is 17.1 Å². The molecule has 1 saturated heterocycles. The summed E-state index contributed by atoms with van der Waals surface area (Å²) < 4.78 is 40.5. The molecule has 1 fully saturated rings. The first kappa shape index (κ1) is 22.8. The van der Waals surface area contributed by atoms with Gasteiger partial charge >= 0.3 is 0 Å². The lowest BCUT2D eigenvalue weighted by molar-refractivity contribution is 0.471. The van der Waals surface area contributed by atoms with Gasteiger partial charge in [0.2, 0.25) is 10.0 Å². The molecule has 1 aliphatic rings. The molecule has 2 N–H and O–H groups in total. The van der Waals surface area contributed by atoms with Crippen LogP contribution in [0.3, 0.4) is 0 Å². The van der Waals surface area contributed by atoms with Crippen molar-refractivity contribution >= 4 is 21.8 Å². The third-order valence-corrected chi connectivity index (χ3v) is 7.84. The van der Waals surface area contributed by atoms with E-state index in [0.717, 1.165) is 35.4 Å². The summed E-state index contributed by atoms with van der Waals surface area (Å²) in [6.45, 7) is 2.78. The molecule has 0 amide bonds. The Morgan fingerprint density at radius 2 is 2.03 bits per heavy atom.